The lowest BCUT2D eigenvalue weighted by Gasteiger charge is -2.44. The lowest BCUT2D eigenvalue weighted by molar-refractivity contribution is -0.161. The number of nitrogens with one attached hydrogen (secondary N) is 2. The zero-order valence-corrected chi connectivity index (χ0v) is 21.8. The molecule has 2 aliphatic heterocycles. The fourth-order valence-electron chi connectivity index (χ4n) is 4.16. The Kier molecular flexibility index (Phi) is 8.36. The van der Waals surface area contributed by atoms with Gasteiger partial charge in [-0.2, -0.15) is 0 Å². The van der Waals surface area contributed by atoms with Crippen molar-refractivity contribution in [3.8, 4) is 5.75 Å². The number of hydrogen-bond acceptors (Lipinski definition) is 10. The molecule has 2 saturated heterocycles. The number of allylic oxidation sites excluding steroid dienone is 1. The molecule has 4 atom stereocenters. The molecule has 1 aromatic carbocycles. The number of carbonyl (C=O) groups excluding carboxylic acids is 4. The number of aliphatic carboxylic acids is 1. The number of rotatable bonds is 9. The third-order valence-electron chi connectivity index (χ3n) is 5.82. The van der Waals surface area contributed by atoms with Gasteiger partial charge < -0.3 is 34.9 Å². The van der Waals surface area contributed by atoms with Crippen LogP contribution in [0.5, 0.6) is 5.75 Å². The number of β-lactam (4-membered cyclic amide) rings is 1. The Hall–Kier alpha value is -3.74. The topological polar surface area (TPSA) is 161 Å². The minimum Gasteiger partial charge on any atom is -0.480 e. The molecular weight excluding hydrogens is 506 g/mol. The monoisotopic (exact) mass is 535 g/mol. The van der Waals surface area contributed by atoms with Crippen LogP contribution < -0.4 is 15.4 Å². The molecule has 200 valence electrons. The average Bonchev–Trinajstić information content (AvgIpc) is 3.09. The molecule has 0 radical (unpaired) electrons. The maximum Gasteiger partial charge on any atom is 0.513 e. The molecule has 12 nitrogen and oxygen atoms in total. The lowest BCUT2D eigenvalue weighted by Crippen LogP contribution is -2.71. The molecular formula is C24H29N3O9S. The van der Waals surface area contributed by atoms with E-state index in [-0.39, 0.29) is 12.4 Å². The van der Waals surface area contributed by atoms with E-state index >= 15 is 0 Å². The first-order chi connectivity index (χ1) is 17.4. The maximum absolute atomic E-state index is 13.4. The van der Waals surface area contributed by atoms with E-state index in [9.17, 15) is 29.1 Å². The number of benzene rings is 1. The van der Waals surface area contributed by atoms with Crippen LogP contribution in [-0.4, -0.2) is 75.8 Å². The number of carboxylic acids is 1. The van der Waals surface area contributed by atoms with Crippen molar-refractivity contribution >= 4 is 41.7 Å². The van der Waals surface area contributed by atoms with Gasteiger partial charge in [0, 0.05) is 16.5 Å². The second-order valence-electron chi connectivity index (χ2n) is 8.87. The van der Waals surface area contributed by atoms with Crippen molar-refractivity contribution < 1.29 is 43.3 Å². The summed E-state index contributed by atoms with van der Waals surface area (Å²) in [6.45, 7) is 6.84. The van der Waals surface area contributed by atoms with Crippen LogP contribution in [0.4, 0.5) is 4.79 Å². The highest BCUT2D eigenvalue weighted by Crippen LogP contribution is 2.50. The molecule has 0 bridgehead atoms. The maximum atomic E-state index is 13.4. The summed E-state index contributed by atoms with van der Waals surface area (Å²) in [6, 6.07) is 3.05. The fraction of sp³-hybridized carbons (Fsp3) is 0.458. The van der Waals surface area contributed by atoms with Gasteiger partial charge in [-0.1, -0.05) is 12.1 Å². The molecule has 0 spiro atoms. The Morgan fingerprint density at radius 3 is 2.43 bits per heavy atom. The van der Waals surface area contributed by atoms with E-state index in [0.29, 0.717) is 11.3 Å². The Bertz CT molecular complexity index is 1120. The number of nitrogens with zero attached hydrogens (tertiary/aromatic N) is 1. The van der Waals surface area contributed by atoms with Gasteiger partial charge in [0.05, 0.1) is 13.7 Å². The Morgan fingerprint density at radius 1 is 1.22 bits per heavy atom. The number of thioether (sulfide) groups is 1. The Morgan fingerprint density at radius 2 is 1.86 bits per heavy atom. The van der Waals surface area contributed by atoms with Crippen LogP contribution >= 0.6 is 11.8 Å². The van der Waals surface area contributed by atoms with Crippen LogP contribution in [0.2, 0.25) is 0 Å². The zero-order chi connectivity index (χ0) is 27.5. The molecule has 13 heteroatoms. The van der Waals surface area contributed by atoms with Crippen molar-refractivity contribution in [3.63, 3.8) is 0 Å². The summed E-state index contributed by atoms with van der Waals surface area (Å²) in [4.78, 5) is 62.5. The van der Waals surface area contributed by atoms with E-state index in [0.717, 1.165) is 0 Å². The fourth-order valence-corrected chi connectivity index (χ4v) is 5.78. The number of esters is 1. The molecule has 1 aromatic rings. The summed E-state index contributed by atoms with van der Waals surface area (Å²) in [5.74, 6) is -2.60. The minimum atomic E-state index is -1.11. The van der Waals surface area contributed by atoms with Crippen LogP contribution in [-0.2, 0) is 28.7 Å². The second-order valence-corrected chi connectivity index (χ2v) is 10.6. The highest BCUT2D eigenvalue weighted by molar-refractivity contribution is 8.01. The smallest absolute Gasteiger partial charge is 0.480 e. The number of hydrogen-bond donors (Lipinski definition) is 3. The van der Waals surface area contributed by atoms with E-state index in [4.69, 9.17) is 9.47 Å². The first-order valence-electron chi connectivity index (χ1n) is 11.4. The standard InChI is InChI=1S/C24H29N3O9S/c1-6-35-23(33)36-14-9-7-13(8-10-14)16(25-12(2)11-15(28)34-5)19(29)26-17-20(30)27-18(22(31)32)24(3,4)37-21(17)27/h7-11,16-18,21,25H,6H2,1-5H3,(H,26,29)(H,31,32)/t16?,17-,18+,21-/m1/s1. The van der Waals surface area contributed by atoms with Crippen LogP contribution in [0.25, 0.3) is 0 Å². The van der Waals surface area contributed by atoms with Crippen LogP contribution in [0.1, 0.15) is 39.3 Å². The summed E-state index contributed by atoms with van der Waals surface area (Å²) in [5.41, 5.74) is 0.764. The van der Waals surface area contributed by atoms with Crippen molar-refractivity contribution in [2.75, 3.05) is 13.7 Å². The van der Waals surface area contributed by atoms with Crippen molar-refractivity contribution in [2.45, 2.75) is 55.9 Å². The van der Waals surface area contributed by atoms with Gasteiger partial charge in [-0.05, 0) is 45.4 Å². The third kappa shape index (κ3) is 5.98. The summed E-state index contributed by atoms with van der Waals surface area (Å²) < 4.78 is 13.7. The van der Waals surface area contributed by atoms with E-state index in [1.807, 2.05) is 0 Å². The van der Waals surface area contributed by atoms with Gasteiger partial charge in [0.15, 0.2) is 0 Å². The van der Waals surface area contributed by atoms with Gasteiger partial charge >= 0.3 is 18.1 Å². The third-order valence-corrected chi connectivity index (χ3v) is 7.39. The SMILES string of the molecule is CCOC(=O)Oc1ccc(C(NC(C)=CC(=O)OC)C(=O)N[C@@H]2C(=O)N3[C@@H]2SC(C)(C)[C@@H]3C(=O)O)cc1. The average molecular weight is 536 g/mol. The van der Waals surface area contributed by atoms with E-state index < -0.39 is 58.2 Å². The Labute approximate surface area is 217 Å². The summed E-state index contributed by atoms with van der Waals surface area (Å²) in [5, 5.41) is 14.7. The summed E-state index contributed by atoms with van der Waals surface area (Å²) in [7, 11) is 1.22. The molecule has 2 amide bonds. The van der Waals surface area contributed by atoms with Gasteiger partial charge in [-0.15, -0.1) is 11.8 Å². The molecule has 0 aliphatic carbocycles. The van der Waals surface area contributed by atoms with Gasteiger partial charge in [-0.3, -0.25) is 9.59 Å². The van der Waals surface area contributed by atoms with Crippen molar-refractivity contribution in [1.29, 1.82) is 0 Å². The molecule has 1 unspecified atom stereocenters. The van der Waals surface area contributed by atoms with Crippen LogP contribution in [0, 0.1) is 0 Å². The zero-order valence-electron chi connectivity index (χ0n) is 21.0. The first kappa shape index (κ1) is 27.8. The lowest BCUT2D eigenvalue weighted by atomic mass is 9.95. The molecule has 2 aliphatic rings. The van der Waals surface area contributed by atoms with E-state index in [2.05, 4.69) is 15.4 Å². The molecule has 2 heterocycles. The highest BCUT2D eigenvalue weighted by atomic mass is 32.2. The summed E-state index contributed by atoms with van der Waals surface area (Å²) in [6.07, 6.45) is 0.297. The quantitative estimate of drug-likeness (QED) is 0.182. The second kappa shape index (κ2) is 11.1. The van der Waals surface area contributed by atoms with Crippen molar-refractivity contribution in [2.24, 2.45) is 0 Å². The number of fused-ring (bicyclic) bond motifs is 1. The van der Waals surface area contributed by atoms with E-state index in [1.165, 1.54) is 42.0 Å². The van der Waals surface area contributed by atoms with Gasteiger partial charge in [-0.25, -0.2) is 14.4 Å². The molecule has 0 aromatic heterocycles. The van der Waals surface area contributed by atoms with Crippen LogP contribution in [0.15, 0.2) is 36.0 Å². The molecule has 3 N–H and O–H groups in total. The van der Waals surface area contributed by atoms with Crippen molar-refractivity contribution in [1.82, 2.24) is 15.5 Å². The predicted molar refractivity (Wildman–Crippen MR) is 131 cm³/mol. The number of carbonyl (C=O) groups is 5. The first-order valence-corrected chi connectivity index (χ1v) is 12.3. The Balaban J connectivity index is 1.81. The van der Waals surface area contributed by atoms with Crippen molar-refractivity contribution in [3.05, 3.63) is 41.6 Å². The number of methoxy groups -OCH3 is 1. The summed E-state index contributed by atoms with van der Waals surface area (Å²) >= 11 is 1.31. The highest BCUT2D eigenvalue weighted by Gasteiger charge is 2.64. The number of carboxylic acid groups (broad SMARTS) is 1. The number of amides is 2. The molecule has 37 heavy (non-hydrogen) atoms. The van der Waals surface area contributed by atoms with E-state index in [1.54, 1.807) is 39.8 Å². The van der Waals surface area contributed by atoms with Gasteiger partial charge in [0.1, 0.15) is 29.2 Å². The normalized spacial score (nSPS) is 22.7. The van der Waals surface area contributed by atoms with Crippen LogP contribution in [0.3, 0.4) is 0 Å². The van der Waals surface area contributed by atoms with Gasteiger partial charge in [0.2, 0.25) is 11.8 Å². The largest absolute Gasteiger partial charge is 0.513 e. The molecule has 2 fully saturated rings. The molecule has 0 saturated carbocycles. The van der Waals surface area contributed by atoms with Gasteiger partial charge in [0.25, 0.3) is 0 Å². The number of ether oxygens (including phenoxy) is 3. The minimum absolute atomic E-state index is 0.149. The molecule has 3 rings (SSSR count). The predicted octanol–water partition coefficient (Wildman–Crippen LogP) is 1.56.